The van der Waals surface area contributed by atoms with Gasteiger partial charge in [-0.15, -0.1) is 0 Å². The first kappa shape index (κ1) is 16.2. The quantitative estimate of drug-likeness (QED) is 0.739. The van der Waals surface area contributed by atoms with Crippen LogP contribution in [0, 0.1) is 0 Å². The van der Waals surface area contributed by atoms with E-state index in [0.717, 1.165) is 19.4 Å². The van der Waals surface area contributed by atoms with Crippen LogP contribution >= 0.6 is 0 Å². The first-order valence-corrected chi connectivity index (χ1v) is 8.36. The molecule has 1 aliphatic heterocycles. The minimum atomic E-state index is -0.0409. The third kappa shape index (κ3) is 4.17. The highest BCUT2D eigenvalue weighted by molar-refractivity contribution is 4.99. The minimum Gasteiger partial charge on any atom is -0.394 e. The van der Waals surface area contributed by atoms with Crippen molar-refractivity contribution in [2.45, 2.75) is 63.6 Å². The number of aliphatic hydroxyl groups excluding tert-OH is 1. The third-order valence-corrected chi connectivity index (χ3v) is 5.07. The van der Waals surface area contributed by atoms with Gasteiger partial charge in [0.05, 0.1) is 6.61 Å². The van der Waals surface area contributed by atoms with Gasteiger partial charge in [0.25, 0.3) is 0 Å². The Balaban J connectivity index is 1.78. The van der Waals surface area contributed by atoms with Crippen LogP contribution in [0.1, 0.15) is 46.0 Å². The molecule has 4 heteroatoms. The largest absolute Gasteiger partial charge is 0.394 e. The van der Waals surface area contributed by atoms with Crippen molar-refractivity contribution in [1.29, 1.82) is 0 Å². The highest BCUT2D eigenvalue weighted by Crippen LogP contribution is 2.32. The fourth-order valence-electron chi connectivity index (χ4n) is 3.89. The summed E-state index contributed by atoms with van der Waals surface area (Å²) in [7, 11) is 2.25. The fourth-order valence-corrected chi connectivity index (χ4v) is 3.89. The summed E-state index contributed by atoms with van der Waals surface area (Å²) in [5.41, 5.74) is -0.0409. The topological polar surface area (TPSA) is 38.7 Å². The van der Waals surface area contributed by atoms with E-state index >= 15 is 0 Å². The summed E-state index contributed by atoms with van der Waals surface area (Å²) in [5.74, 6) is 0. The molecule has 2 fully saturated rings. The highest BCUT2D eigenvalue weighted by atomic mass is 16.3. The van der Waals surface area contributed by atoms with Crippen molar-refractivity contribution >= 4 is 0 Å². The van der Waals surface area contributed by atoms with Crippen LogP contribution in [0.5, 0.6) is 0 Å². The number of likely N-dealkylation sites (tertiary alicyclic amines) is 1. The molecule has 0 amide bonds. The van der Waals surface area contributed by atoms with Crippen LogP contribution in [0.15, 0.2) is 0 Å². The lowest BCUT2D eigenvalue weighted by molar-refractivity contribution is 0.139. The van der Waals surface area contributed by atoms with Crippen molar-refractivity contribution in [1.82, 2.24) is 15.1 Å². The summed E-state index contributed by atoms with van der Waals surface area (Å²) in [5, 5.41) is 13.4. The predicted molar refractivity (Wildman–Crippen MR) is 84.0 cm³/mol. The van der Waals surface area contributed by atoms with Gasteiger partial charge in [-0.05, 0) is 52.2 Å². The SMILES string of the molecule is CC(C)NC1(CO)CCC(N(C)CCN2CCCC2)C1. The highest BCUT2D eigenvalue weighted by Gasteiger charge is 2.40. The van der Waals surface area contributed by atoms with Gasteiger partial charge in [-0.25, -0.2) is 0 Å². The molecule has 0 spiro atoms. The third-order valence-electron chi connectivity index (χ3n) is 5.07. The van der Waals surface area contributed by atoms with Gasteiger partial charge >= 0.3 is 0 Å². The molecular formula is C16H33N3O. The number of hydrogen-bond donors (Lipinski definition) is 2. The second-order valence-corrected chi connectivity index (χ2v) is 7.16. The number of likely N-dealkylation sites (N-methyl/N-ethyl adjacent to an activating group) is 1. The molecule has 0 aromatic carbocycles. The molecule has 1 saturated carbocycles. The average Bonchev–Trinajstić information content (AvgIpc) is 3.05. The number of nitrogens with one attached hydrogen (secondary N) is 1. The Morgan fingerprint density at radius 3 is 2.65 bits per heavy atom. The van der Waals surface area contributed by atoms with E-state index in [2.05, 4.69) is 36.0 Å². The van der Waals surface area contributed by atoms with Crippen molar-refractivity contribution in [2.24, 2.45) is 0 Å². The molecule has 2 unspecified atom stereocenters. The first-order valence-electron chi connectivity index (χ1n) is 8.36. The summed E-state index contributed by atoms with van der Waals surface area (Å²) >= 11 is 0. The minimum absolute atomic E-state index is 0.0409. The smallest absolute Gasteiger partial charge is 0.0614 e. The zero-order valence-corrected chi connectivity index (χ0v) is 13.6. The number of aliphatic hydroxyl groups is 1. The molecule has 118 valence electrons. The van der Waals surface area contributed by atoms with Gasteiger partial charge in [0.1, 0.15) is 0 Å². The Morgan fingerprint density at radius 2 is 2.05 bits per heavy atom. The fraction of sp³-hybridized carbons (Fsp3) is 1.00. The standard InChI is InChI=1S/C16H33N3O/c1-14(2)17-16(13-20)7-6-15(12-16)18(3)10-11-19-8-4-5-9-19/h14-15,17,20H,4-13H2,1-3H3. The molecule has 2 aliphatic rings. The molecule has 0 radical (unpaired) electrons. The number of rotatable bonds is 7. The van der Waals surface area contributed by atoms with E-state index in [1.165, 1.54) is 38.9 Å². The van der Waals surface area contributed by atoms with Crippen molar-refractivity contribution < 1.29 is 5.11 Å². The Labute approximate surface area is 124 Å². The molecule has 0 aromatic heterocycles. The molecule has 0 aromatic rings. The summed E-state index contributed by atoms with van der Waals surface area (Å²) in [6.45, 7) is 9.54. The Hall–Kier alpha value is -0.160. The summed E-state index contributed by atoms with van der Waals surface area (Å²) in [6.07, 6.45) is 6.13. The number of nitrogens with zero attached hydrogens (tertiary/aromatic N) is 2. The molecule has 4 nitrogen and oxygen atoms in total. The predicted octanol–water partition coefficient (Wildman–Crippen LogP) is 1.30. The monoisotopic (exact) mass is 283 g/mol. The summed E-state index contributed by atoms with van der Waals surface area (Å²) in [6, 6.07) is 1.06. The maximum absolute atomic E-state index is 9.78. The molecular weight excluding hydrogens is 250 g/mol. The first-order chi connectivity index (χ1) is 9.54. The molecule has 1 aliphatic carbocycles. The van der Waals surface area contributed by atoms with Gasteiger partial charge in [0.2, 0.25) is 0 Å². The van der Waals surface area contributed by atoms with Gasteiger partial charge in [0.15, 0.2) is 0 Å². The summed E-state index contributed by atoms with van der Waals surface area (Å²) in [4.78, 5) is 5.09. The summed E-state index contributed by atoms with van der Waals surface area (Å²) < 4.78 is 0. The molecule has 2 rings (SSSR count). The molecule has 2 N–H and O–H groups in total. The lowest BCUT2D eigenvalue weighted by atomic mass is 9.97. The zero-order chi connectivity index (χ0) is 14.6. The van der Waals surface area contributed by atoms with Crippen molar-refractivity contribution in [3.63, 3.8) is 0 Å². The van der Waals surface area contributed by atoms with Crippen LogP contribution < -0.4 is 5.32 Å². The van der Waals surface area contributed by atoms with Crippen LogP contribution in [-0.2, 0) is 0 Å². The molecule has 0 bridgehead atoms. The number of hydrogen-bond acceptors (Lipinski definition) is 4. The molecule has 2 atom stereocenters. The Kier molecular flexibility index (Phi) is 5.84. The maximum Gasteiger partial charge on any atom is 0.0614 e. The van der Waals surface area contributed by atoms with Gasteiger partial charge in [-0.3, -0.25) is 0 Å². The second-order valence-electron chi connectivity index (χ2n) is 7.16. The van der Waals surface area contributed by atoms with E-state index in [9.17, 15) is 5.11 Å². The van der Waals surface area contributed by atoms with E-state index in [1.54, 1.807) is 0 Å². The Morgan fingerprint density at radius 1 is 1.35 bits per heavy atom. The van der Waals surface area contributed by atoms with Gasteiger partial charge < -0.3 is 20.2 Å². The van der Waals surface area contributed by atoms with Crippen LogP contribution in [-0.4, -0.2) is 72.4 Å². The van der Waals surface area contributed by atoms with Crippen molar-refractivity contribution in [3.05, 3.63) is 0 Å². The van der Waals surface area contributed by atoms with Crippen molar-refractivity contribution in [3.8, 4) is 0 Å². The van der Waals surface area contributed by atoms with E-state index in [0.29, 0.717) is 12.1 Å². The van der Waals surface area contributed by atoms with Gasteiger partial charge in [-0.2, -0.15) is 0 Å². The Bertz CT molecular complexity index is 291. The van der Waals surface area contributed by atoms with E-state index in [-0.39, 0.29) is 12.1 Å². The zero-order valence-electron chi connectivity index (χ0n) is 13.6. The molecule has 1 saturated heterocycles. The second kappa shape index (κ2) is 7.21. The van der Waals surface area contributed by atoms with E-state index in [4.69, 9.17) is 0 Å². The van der Waals surface area contributed by atoms with Gasteiger partial charge in [0, 0.05) is 30.7 Å². The molecule has 20 heavy (non-hydrogen) atoms. The van der Waals surface area contributed by atoms with E-state index in [1.807, 2.05) is 0 Å². The van der Waals surface area contributed by atoms with Crippen molar-refractivity contribution in [2.75, 3.05) is 39.8 Å². The average molecular weight is 283 g/mol. The normalized spacial score (nSPS) is 31.8. The van der Waals surface area contributed by atoms with Crippen LogP contribution in [0.3, 0.4) is 0 Å². The van der Waals surface area contributed by atoms with E-state index < -0.39 is 0 Å². The maximum atomic E-state index is 9.78. The lowest BCUT2D eigenvalue weighted by Gasteiger charge is -2.33. The van der Waals surface area contributed by atoms with Crippen LogP contribution in [0.2, 0.25) is 0 Å². The molecule has 1 heterocycles. The van der Waals surface area contributed by atoms with Crippen LogP contribution in [0.25, 0.3) is 0 Å². The van der Waals surface area contributed by atoms with Gasteiger partial charge in [-0.1, -0.05) is 13.8 Å². The lowest BCUT2D eigenvalue weighted by Crippen LogP contribution is -2.50. The van der Waals surface area contributed by atoms with Crippen LogP contribution in [0.4, 0.5) is 0 Å².